The first-order valence-electron chi connectivity index (χ1n) is 7.60. The van der Waals surface area contributed by atoms with Crippen molar-refractivity contribution in [2.75, 3.05) is 39.8 Å². The number of carbonyl (C=O) groups is 2. The quantitative estimate of drug-likeness (QED) is 0.855. The summed E-state index contributed by atoms with van der Waals surface area (Å²) in [6.07, 6.45) is -0.0276. The van der Waals surface area contributed by atoms with E-state index in [-0.39, 0.29) is 30.2 Å². The van der Waals surface area contributed by atoms with E-state index in [1.165, 1.54) is 31.4 Å². The predicted molar refractivity (Wildman–Crippen MR) is 83.4 cm³/mol. The summed E-state index contributed by atoms with van der Waals surface area (Å²) in [6, 6.07) is 5.48. The molecule has 1 aromatic rings. The number of methoxy groups -OCH3 is 1. The molecule has 1 aliphatic rings. The second-order valence-corrected chi connectivity index (χ2v) is 5.48. The maximum Gasteiger partial charge on any atom is 0.253 e. The molecule has 2 N–H and O–H groups in total. The average Bonchev–Trinajstić information content (AvgIpc) is 2.59. The van der Waals surface area contributed by atoms with Crippen LogP contribution in [-0.4, -0.2) is 67.6 Å². The normalized spacial score (nSPS) is 16.3. The Morgan fingerprint density at radius 2 is 1.74 bits per heavy atom. The first kappa shape index (κ1) is 17.4. The van der Waals surface area contributed by atoms with Gasteiger partial charge in [0.15, 0.2) is 0 Å². The fourth-order valence-corrected chi connectivity index (χ4v) is 2.52. The molecule has 1 atom stereocenters. The van der Waals surface area contributed by atoms with Gasteiger partial charge in [-0.05, 0) is 24.3 Å². The molecule has 0 aromatic heterocycles. The van der Waals surface area contributed by atoms with Gasteiger partial charge < -0.3 is 20.3 Å². The highest BCUT2D eigenvalue weighted by Gasteiger charge is 2.26. The molecule has 1 heterocycles. The van der Waals surface area contributed by atoms with Gasteiger partial charge in [0.1, 0.15) is 5.82 Å². The molecule has 0 spiro atoms. The number of benzene rings is 1. The molecule has 1 aliphatic heterocycles. The highest BCUT2D eigenvalue weighted by Crippen LogP contribution is 2.11. The van der Waals surface area contributed by atoms with E-state index < -0.39 is 0 Å². The van der Waals surface area contributed by atoms with Crippen LogP contribution in [0.4, 0.5) is 4.39 Å². The number of rotatable bonds is 5. The molecule has 1 fully saturated rings. The van der Waals surface area contributed by atoms with Crippen molar-refractivity contribution in [3.8, 4) is 0 Å². The lowest BCUT2D eigenvalue weighted by Crippen LogP contribution is -2.51. The van der Waals surface area contributed by atoms with Crippen molar-refractivity contribution in [1.29, 1.82) is 0 Å². The minimum absolute atomic E-state index is 0.0174. The molecule has 6 nitrogen and oxygen atoms in total. The van der Waals surface area contributed by atoms with Crippen molar-refractivity contribution in [2.45, 2.75) is 12.5 Å². The highest BCUT2D eigenvalue weighted by molar-refractivity contribution is 5.94. The predicted octanol–water partition coefficient (Wildman–Crippen LogP) is 0.474. The van der Waals surface area contributed by atoms with Crippen LogP contribution in [0.25, 0.3) is 0 Å². The summed E-state index contributed by atoms with van der Waals surface area (Å²) in [5.41, 5.74) is 5.98. The lowest BCUT2D eigenvalue weighted by Gasteiger charge is -2.35. The van der Waals surface area contributed by atoms with Crippen molar-refractivity contribution in [3.05, 3.63) is 35.6 Å². The molecule has 0 bridgehead atoms. The van der Waals surface area contributed by atoms with Crippen molar-refractivity contribution < 1.29 is 18.7 Å². The molecule has 0 aliphatic carbocycles. The fraction of sp³-hybridized carbons (Fsp3) is 0.500. The van der Waals surface area contributed by atoms with Gasteiger partial charge in [-0.2, -0.15) is 0 Å². The summed E-state index contributed by atoms with van der Waals surface area (Å²) in [5, 5.41) is 0. The van der Waals surface area contributed by atoms with Gasteiger partial charge in [-0.25, -0.2) is 4.39 Å². The highest BCUT2D eigenvalue weighted by atomic mass is 19.1. The summed E-state index contributed by atoms with van der Waals surface area (Å²) in [5.74, 6) is -0.533. The monoisotopic (exact) mass is 323 g/mol. The maximum atomic E-state index is 12.9. The van der Waals surface area contributed by atoms with E-state index in [0.717, 1.165) is 0 Å². The minimum atomic E-state index is -0.371. The van der Waals surface area contributed by atoms with Gasteiger partial charge >= 0.3 is 0 Å². The Hall–Kier alpha value is -1.99. The molecule has 0 radical (unpaired) electrons. The van der Waals surface area contributed by atoms with E-state index in [1.807, 2.05) is 0 Å². The van der Waals surface area contributed by atoms with Gasteiger partial charge in [-0.1, -0.05) is 0 Å². The van der Waals surface area contributed by atoms with Crippen LogP contribution >= 0.6 is 0 Å². The Labute approximate surface area is 135 Å². The molecule has 7 heteroatoms. The van der Waals surface area contributed by atoms with Crippen LogP contribution in [0.5, 0.6) is 0 Å². The number of piperazine rings is 1. The zero-order chi connectivity index (χ0) is 16.8. The third-order valence-corrected chi connectivity index (χ3v) is 4.01. The lowest BCUT2D eigenvalue weighted by molar-refractivity contribution is -0.135. The van der Waals surface area contributed by atoms with Gasteiger partial charge in [0.25, 0.3) is 5.91 Å². The van der Waals surface area contributed by atoms with Crippen LogP contribution < -0.4 is 5.73 Å². The van der Waals surface area contributed by atoms with Crippen molar-refractivity contribution in [2.24, 2.45) is 5.73 Å². The van der Waals surface area contributed by atoms with Crippen LogP contribution in [-0.2, 0) is 9.53 Å². The number of amides is 2. The Bertz CT molecular complexity index is 538. The van der Waals surface area contributed by atoms with E-state index in [9.17, 15) is 14.0 Å². The molecule has 126 valence electrons. The summed E-state index contributed by atoms with van der Waals surface area (Å²) in [4.78, 5) is 27.9. The number of nitrogens with zero attached hydrogens (tertiary/aromatic N) is 2. The number of hydrogen-bond donors (Lipinski definition) is 1. The van der Waals surface area contributed by atoms with Gasteiger partial charge in [-0.15, -0.1) is 0 Å². The topological polar surface area (TPSA) is 75.9 Å². The first-order valence-corrected chi connectivity index (χ1v) is 7.60. The molecule has 2 amide bonds. The number of carbonyl (C=O) groups excluding carboxylic acids is 2. The summed E-state index contributed by atoms with van der Waals surface area (Å²) in [6.45, 7) is 2.18. The van der Waals surface area contributed by atoms with Gasteiger partial charge in [-0.3, -0.25) is 9.59 Å². The van der Waals surface area contributed by atoms with E-state index in [0.29, 0.717) is 38.3 Å². The zero-order valence-corrected chi connectivity index (χ0v) is 13.2. The Morgan fingerprint density at radius 3 is 2.26 bits per heavy atom. The Kier molecular flexibility index (Phi) is 6.06. The molecular weight excluding hydrogens is 301 g/mol. The standard InChI is InChI=1S/C16H22FN3O3/c1-23-14(11-18)10-15(21)19-6-8-20(9-7-19)16(22)12-2-4-13(17)5-3-12/h2-5,14H,6-11,18H2,1H3. The molecule has 2 rings (SSSR count). The minimum Gasteiger partial charge on any atom is -0.380 e. The Balaban J connectivity index is 1.87. The van der Waals surface area contributed by atoms with Crippen molar-refractivity contribution >= 4 is 11.8 Å². The molecular formula is C16H22FN3O3. The van der Waals surface area contributed by atoms with Crippen LogP contribution in [0.15, 0.2) is 24.3 Å². The largest absolute Gasteiger partial charge is 0.380 e. The van der Waals surface area contributed by atoms with E-state index in [2.05, 4.69) is 0 Å². The van der Waals surface area contributed by atoms with Crippen LogP contribution in [0.3, 0.4) is 0 Å². The first-order chi connectivity index (χ1) is 11.0. The van der Waals surface area contributed by atoms with Gasteiger partial charge in [0, 0.05) is 45.4 Å². The van der Waals surface area contributed by atoms with Crippen molar-refractivity contribution in [1.82, 2.24) is 9.80 Å². The molecule has 0 saturated carbocycles. The smallest absolute Gasteiger partial charge is 0.253 e. The maximum absolute atomic E-state index is 12.9. The average molecular weight is 323 g/mol. The third-order valence-electron chi connectivity index (χ3n) is 4.01. The molecule has 23 heavy (non-hydrogen) atoms. The second kappa shape index (κ2) is 8.03. The molecule has 1 unspecified atom stereocenters. The van der Waals surface area contributed by atoms with Crippen LogP contribution in [0.1, 0.15) is 16.8 Å². The van der Waals surface area contributed by atoms with Gasteiger partial charge in [0.05, 0.1) is 12.5 Å². The van der Waals surface area contributed by atoms with Crippen LogP contribution in [0, 0.1) is 5.82 Å². The van der Waals surface area contributed by atoms with Gasteiger partial charge in [0.2, 0.25) is 5.91 Å². The number of ether oxygens (including phenoxy) is 1. The number of nitrogens with two attached hydrogens (primary N) is 1. The summed E-state index contributed by atoms with van der Waals surface area (Å²) in [7, 11) is 1.53. The lowest BCUT2D eigenvalue weighted by atomic mass is 10.1. The van der Waals surface area contributed by atoms with Crippen LogP contribution in [0.2, 0.25) is 0 Å². The Morgan fingerprint density at radius 1 is 1.17 bits per heavy atom. The summed E-state index contributed by atoms with van der Waals surface area (Å²) < 4.78 is 18.0. The SMILES string of the molecule is COC(CN)CC(=O)N1CCN(C(=O)c2ccc(F)cc2)CC1. The summed E-state index contributed by atoms with van der Waals surface area (Å²) >= 11 is 0. The second-order valence-electron chi connectivity index (χ2n) is 5.48. The van der Waals surface area contributed by atoms with E-state index in [1.54, 1.807) is 9.80 Å². The van der Waals surface area contributed by atoms with E-state index >= 15 is 0 Å². The number of halogens is 1. The third kappa shape index (κ3) is 4.49. The van der Waals surface area contributed by atoms with E-state index in [4.69, 9.17) is 10.5 Å². The fourth-order valence-electron chi connectivity index (χ4n) is 2.52. The zero-order valence-electron chi connectivity index (χ0n) is 13.2. The van der Waals surface area contributed by atoms with Crippen molar-refractivity contribution in [3.63, 3.8) is 0 Å². The molecule has 1 aromatic carbocycles. The number of hydrogen-bond acceptors (Lipinski definition) is 4. The molecule has 1 saturated heterocycles.